The number of hydrogen-bond acceptors (Lipinski definition) is 3. The van der Waals surface area contributed by atoms with Gasteiger partial charge in [0, 0.05) is 19.2 Å². The highest BCUT2D eigenvalue weighted by Gasteiger charge is 2.26. The van der Waals surface area contributed by atoms with Crippen LogP contribution in [0.5, 0.6) is 0 Å². The number of aromatic nitrogens is 1. The average Bonchev–Trinajstić information content (AvgIpc) is 3.15. The lowest BCUT2D eigenvalue weighted by atomic mass is 9.99. The van der Waals surface area contributed by atoms with Crippen LogP contribution in [0.25, 0.3) is 0 Å². The molecule has 2 heterocycles. The number of likely N-dealkylation sites (tertiary alicyclic amines) is 1. The molecule has 2 aromatic rings. The van der Waals surface area contributed by atoms with Gasteiger partial charge >= 0.3 is 6.03 Å². The fourth-order valence-corrected chi connectivity index (χ4v) is 2.91. The summed E-state index contributed by atoms with van der Waals surface area (Å²) in [6.45, 7) is 3.89. The lowest BCUT2D eigenvalue weighted by molar-refractivity contribution is 0.206. The summed E-state index contributed by atoms with van der Waals surface area (Å²) in [6.07, 6.45) is 2.10. The van der Waals surface area contributed by atoms with Crippen molar-refractivity contribution in [1.82, 2.24) is 15.4 Å². The maximum absolute atomic E-state index is 12.2. The largest absolute Gasteiger partial charge is 0.361 e. The fourth-order valence-electron chi connectivity index (χ4n) is 2.91. The molecule has 3 rings (SSSR count). The van der Waals surface area contributed by atoms with E-state index in [-0.39, 0.29) is 6.03 Å². The Kier molecular flexibility index (Phi) is 4.42. The van der Waals surface area contributed by atoms with E-state index in [4.69, 9.17) is 4.52 Å². The molecule has 0 aliphatic carbocycles. The number of carbonyl (C=O) groups is 1. The highest BCUT2D eigenvalue weighted by molar-refractivity contribution is 5.74. The summed E-state index contributed by atoms with van der Waals surface area (Å²) >= 11 is 0. The third-order valence-electron chi connectivity index (χ3n) is 4.04. The Balaban J connectivity index is 1.46. The van der Waals surface area contributed by atoms with Gasteiger partial charge in [0.05, 0.1) is 6.54 Å². The van der Waals surface area contributed by atoms with E-state index in [1.807, 2.05) is 24.0 Å². The SMILES string of the molecule is Cc1cc(CNC(=O)N2CC[C@H](Cc3ccccc3)C2)no1. The number of aryl methyl sites for hydroxylation is 1. The number of nitrogens with zero attached hydrogens (tertiary/aromatic N) is 2. The minimum absolute atomic E-state index is 0.0174. The molecule has 1 aromatic carbocycles. The number of amides is 2. The summed E-state index contributed by atoms with van der Waals surface area (Å²) in [4.78, 5) is 14.1. The van der Waals surface area contributed by atoms with Crippen molar-refractivity contribution in [1.29, 1.82) is 0 Å². The molecule has 116 valence electrons. The Morgan fingerprint density at radius 3 is 2.95 bits per heavy atom. The smallest absolute Gasteiger partial charge is 0.317 e. The second-order valence-corrected chi connectivity index (χ2v) is 5.88. The molecule has 0 saturated carbocycles. The van der Waals surface area contributed by atoms with Crippen LogP contribution >= 0.6 is 0 Å². The van der Waals surface area contributed by atoms with Gasteiger partial charge < -0.3 is 14.7 Å². The number of benzene rings is 1. The number of urea groups is 1. The van der Waals surface area contributed by atoms with Crippen molar-refractivity contribution in [3.8, 4) is 0 Å². The molecular weight excluding hydrogens is 278 g/mol. The van der Waals surface area contributed by atoms with Crippen LogP contribution in [0, 0.1) is 12.8 Å². The molecule has 1 aliphatic rings. The molecule has 1 saturated heterocycles. The minimum atomic E-state index is -0.0174. The first kappa shape index (κ1) is 14.6. The van der Waals surface area contributed by atoms with E-state index >= 15 is 0 Å². The molecule has 1 fully saturated rings. The monoisotopic (exact) mass is 299 g/mol. The second-order valence-electron chi connectivity index (χ2n) is 5.88. The van der Waals surface area contributed by atoms with E-state index in [1.54, 1.807) is 0 Å². The zero-order valence-electron chi connectivity index (χ0n) is 12.8. The number of carbonyl (C=O) groups excluding carboxylic acids is 1. The Morgan fingerprint density at radius 1 is 1.41 bits per heavy atom. The molecule has 1 atom stereocenters. The molecule has 2 amide bonds. The first-order valence-corrected chi connectivity index (χ1v) is 7.69. The predicted octanol–water partition coefficient (Wildman–Crippen LogP) is 2.76. The van der Waals surface area contributed by atoms with Crippen molar-refractivity contribution in [2.24, 2.45) is 5.92 Å². The number of nitrogens with one attached hydrogen (secondary N) is 1. The van der Waals surface area contributed by atoms with Crippen molar-refractivity contribution in [2.75, 3.05) is 13.1 Å². The normalized spacial score (nSPS) is 17.7. The second kappa shape index (κ2) is 6.64. The van der Waals surface area contributed by atoms with Crippen molar-refractivity contribution in [3.05, 3.63) is 53.4 Å². The van der Waals surface area contributed by atoms with Gasteiger partial charge in [0.1, 0.15) is 11.5 Å². The van der Waals surface area contributed by atoms with Crippen LogP contribution in [-0.2, 0) is 13.0 Å². The van der Waals surface area contributed by atoms with Crippen LogP contribution in [0.2, 0.25) is 0 Å². The van der Waals surface area contributed by atoms with Crippen LogP contribution in [-0.4, -0.2) is 29.2 Å². The quantitative estimate of drug-likeness (QED) is 0.944. The number of rotatable bonds is 4. The van der Waals surface area contributed by atoms with Crippen LogP contribution in [0.1, 0.15) is 23.4 Å². The van der Waals surface area contributed by atoms with E-state index in [2.05, 4.69) is 34.7 Å². The predicted molar refractivity (Wildman–Crippen MR) is 83.3 cm³/mol. The molecule has 0 unspecified atom stereocenters. The molecule has 5 heteroatoms. The van der Waals surface area contributed by atoms with Gasteiger partial charge in [-0.05, 0) is 31.2 Å². The lowest BCUT2D eigenvalue weighted by Gasteiger charge is -2.17. The van der Waals surface area contributed by atoms with Crippen molar-refractivity contribution in [3.63, 3.8) is 0 Å². The average molecular weight is 299 g/mol. The van der Waals surface area contributed by atoms with Crippen LogP contribution < -0.4 is 5.32 Å². The molecule has 1 aromatic heterocycles. The zero-order chi connectivity index (χ0) is 15.4. The minimum Gasteiger partial charge on any atom is -0.361 e. The van der Waals surface area contributed by atoms with Gasteiger partial charge in [0.25, 0.3) is 0 Å². The molecule has 1 aliphatic heterocycles. The van der Waals surface area contributed by atoms with E-state index in [1.165, 1.54) is 5.56 Å². The van der Waals surface area contributed by atoms with Gasteiger partial charge in [-0.2, -0.15) is 0 Å². The van der Waals surface area contributed by atoms with Gasteiger partial charge in [0.2, 0.25) is 0 Å². The van der Waals surface area contributed by atoms with Crippen LogP contribution in [0.15, 0.2) is 40.9 Å². The third kappa shape index (κ3) is 3.67. The zero-order valence-corrected chi connectivity index (χ0v) is 12.8. The molecule has 0 radical (unpaired) electrons. The summed E-state index contributed by atoms with van der Waals surface area (Å²) in [5.74, 6) is 1.30. The van der Waals surface area contributed by atoms with Gasteiger partial charge in [-0.25, -0.2) is 4.79 Å². The van der Waals surface area contributed by atoms with Gasteiger partial charge in [-0.15, -0.1) is 0 Å². The maximum atomic E-state index is 12.2. The van der Waals surface area contributed by atoms with Gasteiger partial charge in [-0.3, -0.25) is 0 Å². The topological polar surface area (TPSA) is 58.4 Å². The van der Waals surface area contributed by atoms with Gasteiger partial charge in [-0.1, -0.05) is 35.5 Å². The van der Waals surface area contributed by atoms with E-state index in [9.17, 15) is 4.79 Å². The van der Waals surface area contributed by atoms with Crippen molar-refractivity contribution < 1.29 is 9.32 Å². The first-order valence-electron chi connectivity index (χ1n) is 7.69. The fraction of sp³-hybridized carbons (Fsp3) is 0.412. The third-order valence-corrected chi connectivity index (χ3v) is 4.04. The standard InChI is InChI=1S/C17H21N3O2/c1-13-9-16(19-22-13)11-18-17(21)20-8-7-15(12-20)10-14-5-3-2-4-6-14/h2-6,9,15H,7-8,10-12H2,1H3,(H,18,21)/t15-/m1/s1. The summed E-state index contributed by atoms with van der Waals surface area (Å²) in [5, 5.41) is 6.78. The number of hydrogen-bond donors (Lipinski definition) is 1. The van der Waals surface area contributed by atoms with Crippen molar-refractivity contribution in [2.45, 2.75) is 26.3 Å². The Morgan fingerprint density at radius 2 is 2.23 bits per heavy atom. The van der Waals surface area contributed by atoms with E-state index in [0.29, 0.717) is 12.5 Å². The van der Waals surface area contributed by atoms with Crippen LogP contribution in [0.4, 0.5) is 4.79 Å². The summed E-state index contributed by atoms with van der Waals surface area (Å²) < 4.78 is 4.99. The van der Waals surface area contributed by atoms with E-state index < -0.39 is 0 Å². The highest BCUT2D eigenvalue weighted by atomic mass is 16.5. The molecule has 0 spiro atoms. The molecular formula is C17H21N3O2. The Bertz CT molecular complexity index is 624. The Hall–Kier alpha value is -2.30. The van der Waals surface area contributed by atoms with E-state index in [0.717, 1.165) is 37.4 Å². The first-order chi connectivity index (χ1) is 10.7. The lowest BCUT2D eigenvalue weighted by Crippen LogP contribution is -2.38. The molecule has 22 heavy (non-hydrogen) atoms. The highest BCUT2D eigenvalue weighted by Crippen LogP contribution is 2.20. The molecule has 1 N–H and O–H groups in total. The summed E-state index contributed by atoms with van der Waals surface area (Å²) in [7, 11) is 0. The Labute approximate surface area is 130 Å². The van der Waals surface area contributed by atoms with Crippen molar-refractivity contribution >= 4 is 6.03 Å². The molecule has 0 bridgehead atoms. The summed E-state index contributed by atoms with van der Waals surface area (Å²) in [5.41, 5.74) is 2.10. The van der Waals surface area contributed by atoms with Gasteiger partial charge in [0.15, 0.2) is 0 Å². The van der Waals surface area contributed by atoms with Crippen LogP contribution in [0.3, 0.4) is 0 Å². The maximum Gasteiger partial charge on any atom is 0.317 e. The summed E-state index contributed by atoms with van der Waals surface area (Å²) in [6, 6.07) is 12.3. The molecule has 5 nitrogen and oxygen atoms in total.